The highest BCUT2D eigenvalue weighted by atomic mass is 32.1. The summed E-state index contributed by atoms with van der Waals surface area (Å²) in [6, 6.07) is 6.04. The molecule has 2 aromatic rings. The Kier molecular flexibility index (Phi) is 5.53. The number of carbonyl (C=O) groups excluding carboxylic acids is 4. The number of nitrogens with zero attached hydrogens (tertiary/aromatic N) is 1. The summed E-state index contributed by atoms with van der Waals surface area (Å²) in [6.45, 7) is 4.62. The number of nitrogens with one attached hydrogen (secondary N) is 2. The number of hydrogen-bond acceptors (Lipinski definition) is 6. The fourth-order valence-electron chi connectivity index (χ4n) is 3.28. The number of rotatable bonds is 6. The van der Waals surface area contributed by atoms with Gasteiger partial charge in [-0.3, -0.25) is 19.3 Å². The van der Waals surface area contributed by atoms with E-state index in [4.69, 9.17) is 10.5 Å². The van der Waals surface area contributed by atoms with Gasteiger partial charge in [-0.2, -0.15) is 0 Å². The number of methoxy groups -OCH3 is 1. The lowest BCUT2D eigenvalue weighted by atomic mass is 9.92. The molecule has 1 unspecified atom stereocenters. The summed E-state index contributed by atoms with van der Waals surface area (Å²) in [6.07, 6.45) is 0. The van der Waals surface area contributed by atoms with E-state index in [0.29, 0.717) is 21.9 Å². The second-order valence-electron chi connectivity index (χ2n) is 7.07. The van der Waals surface area contributed by atoms with Gasteiger partial charge in [-0.05, 0) is 44.0 Å². The van der Waals surface area contributed by atoms with Crippen LogP contribution >= 0.6 is 11.3 Å². The van der Waals surface area contributed by atoms with Crippen molar-refractivity contribution in [1.82, 2.24) is 10.2 Å². The van der Waals surface area contributed by atoms with Crippen LogP contribution < -0.4 is 21.1 Å². The van der Waals surface area contributed by atoms with Gasteiger partial charge in [0.25, 0.3) is 11.8 Å². The maximum absolute atomic E-state index is 13.0. The molecular formula is C20H22N4O5S. The van der Waals surface area contributed by atoms with Gasteiger partial charge in [-0.25, -0.2) is 4.79 Å². The molecule has 5 amide bonds. The van der Waals surface area contributed by atoms with Crippen molar-refractivity contribution in [3.05, 3.63) is 45.8 Å². The van der Waals surface area contributed by atoms with Gasteiger partial charge < -0.3 is 21.1 Å². The number of amides is 5. The summed E-state index contributed by atoms with van der Waals surface area (Å²) >= 11 is 1.21. The third-order valence-corrected chi connectivity index (χ3v) is 6.25. The maximum Gasteiger partial charge on any atom is 0.325 e. The lowest BCUT2D eigenvalue weighted by molar-refractivity contribution is -0.133. The molecule has 0 bridgehead atoms. The number of carbonyl (C=O) groups is 4. The minimum atomic E-state index is -1.31. The van der Waals surface area contributed by atoms with E-state index >= 15 is 0 Å². The van der Waals surface area contributed by atoms with Crippen LogP contribution in [0.15, 0.2) is 24.3 Å². The molecule has 1 atom stereocenters. The minimum Gasteiger partial charge on any atom is -0.497 e. The highest BCUT2D eigenvalue weighted by Crippen LogP contribution is 2.33. The van der Waals surface area contributed by atoms with Crippen LogP contribution in [0.1, 0.15) is 33.3 Å². The first-order valence-electron chi connectivity index (χ1n) is 9.06. The van der Waals surface area contributed by atoms with Gasteiger partial charge in [0.15, 0.2) is 0 Å². The van der Waals surface area contributed by atoms with E-state index in [9.17, 15) is 19.2 Å². The quantitative estimate of drug-likeness (QED) is 0.602. The molecule has 158 valence electrons. The molecule has 30 heavy (non-hydrogen) atoms. The van der Waals surface area contributed by atoms with E-state index in [-0.39, 0.29) is 5.56 Å². The van der Waals surface area contributed by atoms with Crippen molar-refractivity contribution in [3.63, 3.8) is 0 Å². The number of imide groups is 1. The number of hydrogen-bond donors (Lipinski definition) is 3. The Labute approximate surface area is 177 Å². The van der Waals surface area contributed by atoms with Gasteiger partial charge in [0, 0.05) is 4.88 Å². The fraction of sp³-hybridized carbons (Fsp3) is 0.300. The van der Waals surface area contributed by atoms with E-state index in [1.165, 1.54) is 18.4 Å². The first kappa shape index (κ1) is 21.3. The molecule has 3 rings (SSSR count). The lowest BCUT2D eigenvalue weighted by Gasteiger charge is -2.22. The van der Waals surface area contributed by atoms with Crippen LogP contribution in [0.2, 0.25) is 0 Å². The maximum atomic E-state index is 13.0. The largest absolute Gasteiger partial charge is 0.497 e. The van der Waals surface area contributed by atoms with Crippen molar-refractivity contribution in [2.45, 2.75) is 26.3 Å². The summed E-state index contributed by atoms with van der Waals surface area (Å²) in [4.78, 5) is 51.3. The van der Waals surface area contributed by atoms with E-state index in [2.05, 4.69) is 10.6 Å². The molecular weight excluding hydrogens is 408 g/mol. The number of anilines is 1. The number of urea groups is 1. The SMILES string of the molecule is COc1ccc(C2(C)NC(=O)N(CC(=O)Nc3sc(C)c(C)c3C(N)=O)C2=O)cc1. The average Bonchev–Trinajstić information content (AvgIpc) is 3.09. The van der Waals surface area contributed by atoms with Crippen LogP contribution in [0.3, 0.4) is 0 Å². The number of primary amides is 1. The molecule has 0 saturated carbocycles. The van der Waals surface area contributed by atoms with Gasteiger partial charge in [0.05, 0.1) is 12.7 Å². The van der Waals surface area contributed by atoms with E-state index in [1.54, 1.807) is 45.0 Å². The smallest absolute Gasteiger partial charge is 0.325 e. The predicted octanol–water partition coefficient (Wildman–Crippen LogP) is 1.88. The number of aryl methyl sites for hydroxylation is 1. The molecule has 4 N–H and O–H groups in total. The molecule has 1 fully saturated rings. The molecule has 0 aliphatic carbocycles. The molecule has 2 heterocycles. The molecule has 10 heteroatoms. The molecule has 0 radical (unpaired) electrons. The predicted molar refractivity (Wildman–Crippen MR) is 112 cm³/mol. The Morgan fingerprint density at radius 3 is 2.43 bits per heavy atom. The fourth-order valence-corrected chi connectivity index (χ4v) is 4.36. The molecule has 1 aromatic heterocycles. The summed E-state index contributed by atoms with van der Waals surface area (Å²) in [5.74, 6) is -1.21. The number of nitrogens with two attached hydrogens (primary N) is 1. The topological polar surface area (TPSA) is 131 Å². The first-order chi connectivity index (χ1) is 14.1. The van der Waals surface area contributed by atoms with Crippen LogP contribution in [-0.2, 0) is 15.1 Å². The average molecular weight is 430 g/mol. The van der Waals surface area contributed by atoms with Crippen molar-refractivity contribution in [1.29, 1.82) is 0 Å². The third-order valence-electron chi connectivity index (χ3n) is 5.13. The van der Waals surface area contributed by atoms with Crippen LogP contribution in [0.4, 0.5) is 9.80 Å². The molecule has 1 aliphatic heterocycles. The van der Waals surface area contributed by atoms with Gasteiger partial charge in [0.2, 0.25) is 5.91 Å². The summed E-state index contributed by atoms with van der Waals surface area (Å²) < 4.78 is 5.11. The zero-order chi connectivity index (χ0) is 22.2. The van der Waals surface area contributed by atoms with Gasteiger partial charge in [-0.1, -0.05) is 12.1 Å². The van der Waals surface area contributed by atoms with Crippen LogP contribution in [-0.4, -0.2) is 42.3 Å². The van der Waals surface area contributed by atoms with Crippen molar-refractivity contribution >= 4 is 40.1 Å². The van der Waals surface area contributed by atoms with E-state index in [1.807, 2.05) is 0 Å². The highest BCUT2D eigenvalue weighted by molar-refractivity contribution is 7.16. The lowest BCUT2D eigenvalue weighted by Crippen LogP contribution is -2.42. The van der Waals surface area contributed by atoms with Crippen LogP contribution in [0.25, 0.3) is 0 Å². The zero-order valence-electron chi connectivity index (χ0n) is 17.0. The Balaban J connectivity index is 1.78. The number of benzene rings is 1. The molecule has 1 aromatic carbocycles. The van der Waals surface area contributed by atoms with Crippen molar-refractivity contribution in [2.75, 3.05) is 19.0 Å². The second-order valence-corrected chi connectivity index (χ2v) is 8.30. The number of ether oxygens (including phenoxy) is 1. The van der Waals surface area contributed by atoms with Crippen molar-refractivity contribution < 1.29 is 23.9 Å². The van der Waals surface area contributed by atoms with Gasteiger partial charge in [-0.15, -0.1) is 11.3 Å². The first-order valence-corrected chi connectivity index (χ1v) is 9.88. The Bertz CT molecular complexity index is 1050. The Hall–Kier alpha value is -3.40. The van der Waals surface area contributed by atoms with E-state index < -0.39 is 35.8 Å². The minimum absolute atomic E-state index is 0.228. The monoisotopic (exact) mass is 430 g/mol. The molecule has 9 nitrogen and oxygen atoms in total. The van der Waals surface area contributed by atoms with E-state index in [0.717, 1.165) is 9.78 Å². The summed E-state index contributed by atoms with van der Waals surface area (Å²) in [5.41, 5.74) is 5.58. The summed E-state index contributed by atoms with van der Waals surface area (Å²) in [7, 11) is 1.53. The van der Waals surface area contributed by atoms with Crippen molar-refractivity contribution in [3.8, 4) is 5.75 Å². The standard InChI is InChI=1S/C20H22N4O5S/c1-10-11(2)30-17(15(10)16(21)26)22-14(25)9-24-18(27)20(3,23-19(24)28)12-5-7-13(29-4)8-6-12/h5-8H,9H2,1-4H3,(H2,21,26)(H,22,25)(H,23,28). The van der Waals surface area contributed by atoms with Gasteiger partial charge in [0.1, 0.15) is 22.8 Å². The molecule has 0 spiro atoms. The van der Waals surface area contributed by atoms with Crippen molar-refractivity contribution in [2.24, 2.45) is 5.73 Å². The molecule has 1 saturated heterocycles. The zero-order valence-corrected chi connectivity index (χ0v) is 17.8. The van der Waals surface area contributed by atoms with Gasteiger partial charge >= 0.3 is 6.03 Å². The molecule has 1 aliphatic rings. The summed E-state index contributed by atoms with van der Waals surface area (Å²) in [5, 5.41) is 5.53. The highest BCUT2D eigenvalue weighted by Gasteiger charge is 2.49. The Morgan fingerprint density at radius 2 is 1.87 bits per heavy atom. The number of thiophene rings is 1. The normalized spacial score (nSPS) is 18.3. The third kappa shape index (κ3) is 3.61. The van der Waals surface area contributed by atoms with Crippen LogP contribution in [0.5, 0.6) is 5.75 Å². The second kappa shape index (κ2) is 7.79. The van der Waals surface area contributed by atoms with Crippen LogP contribution in [0, 0.1) is 13.8 Å². The Morgan fingerprint density at radius 1 is 1.23 bits per heavy atom.